The first-order chi connectivity index (χ1) is 20.0. The van der Waals surface area contributed by atoms with Crippen LogP contribution in [0.3, 0.4) is 0 Å². The first kappa shape index (κ1) is 29.3. The predicted octanol–water partition coefficient (Wildman–Crippen LogP) is 7.20. The molecule has 1 saturated heterocycles. The van der Waals surface area contributed by atoms with Crippen LogP contribution in [0.1, 0.15) is 67.8 Å². The molecule has 5 rings (SSSR count). The standard InChI is InChI=1S/C35H42ClN3O2/c1-26(37-35(41)33-15-9-8-14-32(33)29-12-6-3-7-13-29)39(34(40)24-27-16-18-30(36)19-17-27)31-20-22-38(23-21-31)25-28-10-4-2-5-11-28/h3,6-9,12-19,26,28,31H,2,4-5,10-11,20-25H2,1H3,(H,37,41). The van der Waals surface area contributed by atoms with Gasteiger partial charge in [0.25, 0.3) is 5.91 Å². The molecule has 3 aromatic rings. The highest BCUT2D eigenvalue weighted by atomic mass is 35.5. The van der Waals surface area contributed by atoms with E-state index in [2.05, 4.69) is 10.2 Å². The van der Waals surface area contributed by atoms with Crippen LogP contribution in [0, 0.1) is 5.92 Å². The van der Waals surface area contributed by atoms with E-state index in [0.29, 0.717) is 10.6 Å². The summed E-state index contributed by atoms with van der Waals surface area (Å²) in [5.41, 5.74) is 3.41. The van der Waals surface area contributed by atoms with E-state index in [1.165, 1.54) is 38.6 Å². The summed E-state index contributed by atoms with van der Waals surface area (Å²) in [6.07, 6.45) is 8.46. The fourth-order valence-corrected chi connectivity index (χ4v) is 6.73. The number of carbonyl (C=O) groups is 2. The molecule has 0 spiro atoms. The number of halogens is 1. The van der Waals surface area contributed by atoms with Crippen molar-refractivity contribution in [2.75, 3.05) is 19.6 Å². The highest BCUT2D eigenvalue weighted by Crippen LogP contribution is 2.28. The Morgan fingerprint density at radius 3 is 2.24 bits per heavy atom. The summed E-state index contributed by atoms with van der Waals surface area (Å²) >= 11 is 6.09. The van der Waals surface area contributed by atoms with Crippen molar-refractivity contribution in [2.45, 2.75) is 70.5 Å². The molecule has 2 amide bonds. The van der Waals surface area contributed by atoms with Gasteiger partial charge in [0.15, 0.2) is 0 Å². The topological polar surface area (TPSA) is 52.7 Å². The minimum absolute atomic E-state index is 0.0298. The number of rotatable bonds is 9. The average molecular weight is 572 g/mol. The van der Waals surface area contributed by atoms with Gasteiger partial charge < -0.3 is 15.1 Å². The molecule has 1 aliphatic carbocycles. The van der Waals surface area contributed by atoms with Gasteiger partial charge in [-0.2, -0.15) is 0 Å². The number of amides is 2. The molecular weight excluding hydrogens is 530 g/mol. The molecule has 2 aliphatic rings. The van der Waals surface area contributed by atoms with E-state index >= 15 is 0 Å². The fourth-order valence-electron chi connectivity index (χ4n) is 6.61. The number of nitrogens with one attached hydrogen (secondary N) is 1. The lowest BCUT2D eigenvalue weighted by molar-refractivity contribution is -0.136. The molecule has 0 aromatic heterocycles. The van der Waals surface area contributed by atoms with Crippen molar-refractivity contribution in [2.24, 2.45) is 5.92 Å². The normalized spacial score (nSPS) is 17.6. The van der Waals surface area contributed by atoms with Crippen LogP contribution in [0.25, 0.3) is 11.1 Å². The molecule has 1 N–H and O–H groups in total. The Morgan fingerprint density at radius 2 is 1.54 bits per heavy atom. The molecule has 3 aromatic carbocycles. The molecule has 0 bridgehead atoms. The van der Waals surface area contributed by atoms with Crippen LogP contribution < -0.4 is 5.32 Å². The van der Waals surface area contributed by atoms with E-state index in [1.54, 1.807) is 0 Å². The number of hydrogen-bond acceptors (Lipinski definition) is 3. The lowest BCUT2D eigenvalue weighted by Gasteiger charge is -2.42. The molecule has 6 heteroatoms. The zero-order valence-corrected chi connectivity index (χ0v) is 24.9. The Labute approximate surface area is 249 Å². The van der Waals surface area contributed by atoms with Gasteiger partial charge in [-0.1, -0.05) is 91.5 Å². The van der Waals surface area contributed by atoms with Gasteiger partial charge in [-0.3, -0.25) is 9.59 Å². The molecule has 0 radical (unpaired) electrons. The largest absolute Gasteiger partial charge is 0.332 e. The van der Waals surface area contributed by atoms with E-state index in [-0.39, 0.29) is 24.3 Å². The number of carbonyl (C=O) groups excluding carboxylic acids is 2. The van der Waals surface area contributed by atoms with Crippen molar-refractivity contribution < 1.29 is 9.59 Å². The summed E-state index contributed by atoms with van der Waals surface area (Å²) in [6, 6.07) is 25.2. The number of benzene rings is 3. The lowest BCUT2D eigenvalue weighted by Crippen LogP contribution is -2.57. The van der Waals surface area contributed by atoms with Gasteiger partial charge in [-0.05, 0) is 73.4 Å². The van der Waals surface area contributed by atoms with Crippen molar-refractivity contribution in [1.82, 2.24) is 15.1 Å². The summed E-state index contributed by atoms with van der Waals surface area (Å²) in [6.45, 7) is 5.10. The summed E-state index contributed by atoms with van der Waals surface area (Å²) in [4.78, 5) is 32.1. The first-order valence-electron chi connectivity index (χ1n) is 15.2. The SMILES string of the molecule is CC(NC(=O)c1ccccc1-c1ccccc1)N(C(=O)Cc1ccc(Cl)cc1)C1CCN(CC2CCCCC2)CC1. The van der Waals surface area contributed by atoms with Gasteiger partial charge in [0.1, 0.15) is 6.17 Å². The van der Waals surface area contributed by atoms with Gasteiger partial charge in [-0.15, -0.1) is 0 Å². The molecule has 216 valence electrons. The molecule has 41 heavy (non-hydrogen) atoms. The maximum atomic E-state index is 13.9. The molecule has 1 heterocycles. The summed E-state index contributed by atoms with van der Waals surface area (Å²) in [5, 5.41) is 3.84. The maximum Gasteiger partial charge on any atom is 0.253 e. The third kappa shape index (κ3) is 7.78. The molecule has 2 fully saturated rings. The van der Waals surface area contributed by atoms with Crippen molar-refractivity contribution in [3.63, 3.8) is 0 Å². The van der Waals surface area contributed by atoms with Gasteiger partial charge in [-0.25, -0.2) is 0 Å². The van der Waals surface area contributed by atoms with Gasteiger partial charge in [0.05, 0.1) is 6.42 Å². The number of nitrogens with zero attached hydrogens (tertiary/aromatic N) is 2. The summed E-state index contributed by atoms with van der Waals surface area (Å²) in [5.74, 6) is 0.670. The van der Waals surface area contributed by atoms with Gasteiger partial charge in [0.2, 0.25) is 5.91 Å². The second-order valence-electron chi connectivity index (χ2n) is 11.7. The third-order valence-electron chi connectivity index (χ3n) is 8.76. The van der Waals surface area contributed by atoms with Crippen LogP contribution in [0.4, 0.5) is 0 Å². The van der Waals surface area contributed by atoms with Crippen LogP contribution in [0.2, 0.25) is 5.02 Å². The van der Waals surface area contributed by atoms with Gasteiger partial charge >= 0.3 is 0 Å². The molecule has 1 atom stereocenters. The first-order valence-corrected chi connectivity index (χ1v) is 15.6. The summed E-state index contributed by atoms with van der Waals surface area (Å²) in [7, 11) is 0. The fraction of sp³-hybridized carbons (Fsp3) is 0.429. The molecular formula is C35H42ClN3O2. The van der Waals surface area contributed by atoms with Crippen LogP contribution in [0.15, 0.2) is 78.9 Å². The maximum absolute atomic E-state index is 13.9. The Kier molecular flexibility index (Phi) is 10.1. The van der Waals surface area contributed by atoms with E-state index in [0.717, 1.165) is 48.5 Å². The minimum Gasteiger partial charge on any atom is -0.332 e. The monoisotopic (exact) mass is 571 g/mol. The smallest absolute Gasteiger partial charge is 0.253 e. The van der Waals surface area contributed by atoms with E-state index < -0.39 is 6.17 Å². The van der Waals surface area contributed by atoms with Crippen LogP contribution >= 0.6 is 11.6 Å². The van der Waals surface area contributed by atoms with Gasteiger partial charge in [0, 0.05) is 36.3 Å². The summed E-state index contributed by atoms with van der Waals surface area (Å²) < 4.78 is 0. The number of piperidine rings is 1. The predicted molar refractivity (Wildman–Crippen MR) is 167 cm³/mol. The molecule has 1 aliphatic heterocycles. The number of likely N-dealkylation sites (tertiary alicyclic amines) is 1. The third-order valence-corrected chi connectivity index (χ3v) is 9.01. The van der Waals surface area contributed by atoms with E-state index in [9.17, 15) is 9.59 Å². The van der Waals surface area contributed by atoms with E-state index in [4.69, 9.17) is 11.6 Å². The van der Waals surface area contributed by atoms with Crippen molar-refractivity contribution in [3.8, 4) is 11.1 Å². The highest BCUT2D eigenvalue weighted by molar-refractivity contribution is 6.30. The molecule has 1 saturated carbocycles. The zero-order valence-electron chi connectivity index (χ0n) is 24.1. The van der Waals surface area contributed by atoms with Crippen LogP contribution in [-0.4, -0.2) is 53.5 Å². The highest BCUT2D eigenvalue weighted by Gasteiger charge is 2.33. The van der Waals surface area contributed by atoms with Crippen molar-refractivity contribution in [1.29, 1.82) is 0 Å². The second kappa shape index (κ2) is 14.2. The van der Waals surface area contributed by atoms with E-state index in [1.807, 2.05) is 90.7 Å². The zero-order chi connectivity index (χ0) is 28.6. The molecule has 1 unspecified atom stereocenters. The van der Waals surface area contributed by atoms with Crippen LogP contribution in [-0.2, 0) is 11.2 Å². The quantitative estimate of drug-likeness (QED) is 0.276. The Hall–Kier alpha value is -3.15. The Balaban J connectivity index is 1.31. The molecule has 5 nitrogen and oxygen atoms in total. The Morgan fingerprint density at radius 1 is 0.878 bits per heavy atom. The lowest BCUT2D eigenvalue weighted by atomic mass is 9.88. The minimum atomic E-state index is -0.443. The van der Waals surface area contributed by atoms with Crippen molar-refractivity contribution in [3.05, 3.63) is 95.0 Å². The number of hydrogen-bond donors (Lipinski definition) is 1. The van der Waals surface area contributed by atoms with Crippen LogP contribution in [0.5, 0.6) is 0 Å². The van der Waals surface area contributed by atoms with Crippen molar-refractivity contribution >= 4 is 23.4 Å². The second-order valence-corrected chi connectivity index (χ2v) is 12.1. The Bertz CT molecular complexity index is 1280. The average Bonchev–Trinajstić information content (AvgIpc) is 3.00.